The first-order valence-corrected chi connectivity index (χ1v) is 9.16. The number of carbonyl (C=O) groups is 1. The van der Waals surface area contributed by atoms with Gasteiger partial charge in [0.25, 0.3) is 5.56 Å². The number of rotatable bonds is 7. The van der Waals surface area contributed by atoms with Gasteiger partial charge in [0, 0.05) is 17.7 Å². The van der Waals surface area contributed by atoms with E-state index in [4.69, 9.17) is 4.42 Å². The Morgan fingerprint density at radius 2 is 2.04 bits per heavy atom. The first-order valence-electron chi connectivity index (χ1n) is 8.17. The van der Waals surface area contributed by atoms with E-state index < -0.39 is 0 Å². The Hall–Kier alpha value is -2.80. The molecule has 2 aromatic heterocycles. The number of hydrogen-bond donors (Lipinski definition) is 2. The Morgan fingerprint density at radius 1 is 1.23 bits per heavy atom. The number of thioether (sulfide) groups is 1. The van der Waals surface area contributed by atoms with Crippen LogP contribution in [0, 0.1) is 6.92 Å². The van der Waals surface area contributed by atoms with Gasteiger partial charge in [-0.2, -0.15) is 0 Å². The summed E-state index contributed by atoms with van der Waals surface area (Å²) in [5.41, 5.74) is 2.21. The summed E-state index contributed by atoms with van der Waals surface area (Å²) in [6.07, 6.45) is 2.09. The van der Waals surface area contributed by atoms with Crippen LogP contribution in [0.2, 0.25) is 0 Å². The zero-order valence-corrected chi connectivity index (χ0v) is 15.1. The third-order valence-corrected chi connectivity index (χ3v) is 4.68. The molecule has 2 heterocycles. The van der Waals surface area contributed by atoms with Crippen molar-refractivity contribution >= 4 is 17.7 Å². The fraction of sp³-hybridized carbons (Fsp3) is 0.211. The van der Waals surface area contributed by atoms with Crippen LogP contribution in [0.15, 0.2) is 63.1 Å². The van der Waals surface area contributed by atoms with Crippen LogP contribution >= 0.6 is 11.8 Å². The minimum absolute atomic E-state index is 0.153. The molecule has 0 atom stereocenters. The van der Waals surface area contributed by atoms with E-state index in [1.165, 1.54) is 11.8 Å². The molecule has 6 nitrogen and oxygen atoms in total. The summed E-state index contributed by atoms with van der Waals surface area (Å²) in [6.45, 7) is 2.15. The maximum Gasteiger partial charge on any atom is 0.255 e. The Bertz CT molecular complexity index is 921. The van der Waals surface area contributed by atoms with Crippen LogP contribution in [0.3, 0.4) is 0 Å². The number of nitrogens with zero attached hydrogens (tertiary/aromatic N) is 1. The van der Waals surface area contributed by atoms with Crippen molar-refractivity contribution in [3.8, 4) is 0 Å². The van der Waals surface area contributed by atoms with Gasteiger partial charge >= 0.3 is 0 Å². The van der Waals surface area contributed by atoms with E-state index >= 15 is 0 Å². The van der Waals surface area contributed by atoms with Gasteiger partial charge in [-0.3, -0.25) is 9.59 Å². The number of H-pyrrole nitrogens is 1. The maximum atomic E-state index is 12.4. The fourth-order valence-corrected chi connectivity index (χ4v) is 3.18. The molecular weight excluding hydrogens is 350 g/mol. The number of aromatic amines is 1. The van der Waals surface area contributed by atoms with E-state index in [1.807, 2.05) is 37.3 Å². The van der Waals surface area contributed by atoms with Gasteiger partial charge in [-0.25, -0.2) is 4.98 Å². The molecule has 3 rings (SSSR count). The molecule has 1 amide bonds. The van der Waals surface area contributed by atoms with E-state index in [2.05, 4.69) is 15.3 Å². The van der Waals surface area contributed by atoms with E-state index in [-0.39, 0.29) is 17.2 Å². The largest absolute Gasteiger partial charge is 0.467 e. The second-order valence-electron chi connectivity index (χ2n) is 5.74. The van der Waals surface area contributed by atoms with Gasteiger partial charge in [0.05, 0.1) is 18.6 Å². The van der Waals surface area contributed by atoms with Crippen molar-refractivity contribution in [2.24, 2.45) is 0 Å². The SMILES string of the molecule is Cc1nc(SCC(=O)NCc2ccco2)[nH]c(=O)c1Cc1ccccc1. The summed E-state index contributed by atoms with van der Waals surface area (Å²) in [6, 6.07) is 13.3. The number of furan rings is 1. The molecule has 0 unspecified atom stereocenters. The number of carbonyl (C=O) groups excluding carboxylic acids is 1. The van der Waals surface area contributed by atoms with Crippen LogP contribution in [-0.2, 0) is 17.8 Å². The Morgan fingerprint density at radius 3 is 2.73 bits per heavy atom. The summed E-state index contributed by atoms with van der Waals surface area (Å²) >= 11 is 1.20. The van der Waals surface area contributed by atoms with Gasteiger partial charge in [-0.05, 0) is 24.6 Å². The van der Waals surface area contributed by atoms with Gasteiger partial charge in [0.15, 0.2) is 5.16 Å². The Labute approximate surface area is 155 Å². The lowest BCUT2D eigenvalue weighted by Crippen LogP contribution is -2.25. The molecule has 0 saturated carbocycles. The van der Waals surface area contributed by atoms with Crippen LogP contribution in [0.25, 0.3) is 0 Å². The van der Waals surface area contributed by atoms with Gasteiger partial charge in [0.1, 0.15) is 5.76 Å². The predicted octanol–water partition coefficient (Wildman–Crippen LogP) is 2.67. The Balaban J connectivity index is 1.59. The average molecular weight is 369 g/mol. The number of aryl methyl sites for hydroxylation is 1. The molecule has 2 N–H and O–H groups in total. The molecule has 1 aromatic carbocycles. The summed E-state index contributed by atoms with van der Waals surface area (Å²) < 4.78 is 5.16. The van der Waals surface area contributed by atoms with Crippen molar-refractivity contribution in [1.29, 1.82) is 0 Å². The van der Waals surface area contributed by atoms with Crippen LogP contribution < -0.4 is 10.9 Å². The van der Waals surface area contributed by atoms with Crippen molar-refractivity contribution in [2.45, 2.75) is 25.0 Å². The van der Waals surface area contributed by atoms with Crippen LogP contribution in [0.5, 0.6) is 0 Å². The van der Waals surface area contributed by atoms with Crippen LogP contribution in [-0.4, -0.2) is 21.6 Å². The summed E-state index contributed by atoms with van der Waals surface area (Å²) in [7, 11) is 0. The zero-order valence-electron chi connectivity index (χ0n) is 14.3. The van der Waals surface area contributed by atoms with Crippen molar-refractivity contribution in [3.63, 3.8) is 0 Å². The molecular formula is C19H19N3O3S. The highest BCUT2D eigenvalue weighted by atomic mass is 32.2. The number of nitrogens with one attached hydrogen (secondary N) is 2. The van der Waals surface area contributed by atoms with Crippen molar-refractivity contribution in [2.75, 3.05) is 5.75 Å². The second kappa shape index (κ2) is 8.53. The van der Waals surface area contributed by atoms with E-state index in [0.29, 0.717) is 35.1 Å². The second-order valence-corrected chi connectivity index (χ2v) is 6.71. The average Bonchev–Trinajstić information content (AvgIpc) is 3.16. The minimum Gasteiger partial charge on any atom is -0.467 e. The number of aromatic nitrogens is 2. The molecule has 3 aromatic rings. The number of hydrogen-bond acceptors (Lipinski definition) is 5. The van der Waals surface area contributed by atoms with Crippen LogP contribution in [0.4, 0.5) is 0 Å². The minimum atomic E-state index is -0.167. The van der Waals surface area contributed by atoms with Gasteiger partial charge < -0.3 is 14.7 Å². The standard InChI is InChI=1S/C19H19N3O3S/c1-13-16(10-14-6-3-2-4-7-14)18(24)22-19(21-13)26-12-17(23)20-11-15-8-5-9-25-15/h2-9H,10-12H2,1H3,(H,20,23)(H,21,22,24). The molecule has 0 radical (unpaired) electrons. The quantitative estimate of drug-likeness (QED) is 0.494. The highest BCUT2D eigenvalue weighted by Crippen LogP contribution is 2.14. The van der Waals surface area contributed by atoms with Crippen LogP contribution in [0.1, 0.15) is 22.6 Å². The van der Waals surface area contributed by atoms with Crippen molar-refractivity contribution < 1.29 is 9.21 Å². The molecule has 134 valence electrons. The molecule has 0 aliphatic heterocycles. The topological polar surface area (TPSA) is 88.0 Å². The van der Waals surface area contributed by atoms with E-state index in [0.717, 1.165) is 5.56 Å². The van der Waals surface area contributed by atoms with E-state index in [9.17, 15) is 9.59 Å². The van der Waals surface area contributed by atoms with E-state index in [1.54, 1.807) is 18.4 Å². The number of benzene rings is 1. The summed E-state index contributed by atoms with van der Waals surface area (Å²) in [5, 5.41) is 3.20. The van der Waals surface area contributed by atoms with Crippen molar-refractivity contribution in [1.82, 2.24) is 15.3 Å². The molecule has 0 saturated heterocycles. The third-order valence-electron chi connectivity index (χ3n) is 3.80. The number of amides is 1. The Kier molecular flexibility index (Phi) is 5.91. The molecule has 0 bridgehead atoms. The lowest BCUT2D eigenvalue weighted by Gasteiger charge is -2.07. The first kappa shape index (κ1) is 18.0. The molecule has 0 fully saturated rings. The maximum absolute atomic E-state index is 12.4. The highest BCUT2D eigenvalue weighted by molar-refractivity contribution is 7.99. The fourth-order valence-electron chi connectivity index (χ4n) is 2.44. The predicted molar refractivity (Wildman–Crippen MR) is 100 cm³/mol. The monoisotopic (exact) mass is 369 g/mol. The molecule has 0 aliphatic rings. The highest BCUT2D eigenvalue weighted by Gasteiger charge is 2.11. The van der Waals surface area contributed by atoms with Crippen molar-refractivity contribution in [3.05, 3.63) is 81.7 Å². The lowest BCUT2D eigenvalue weighted by molar-refractivity contribution is -0.118. The molecule has 7 heteroatoms. The van der Waals surface area contributed by atoms with Gasteiger partial charge in [-0.1, -0.05) is 42.1 Å². The zero-order chi connectivity index (χ0) is 18.4. The molecule has 26 heavy (non-hydrogen) atoms. The van der Waals surface area contributed by atoms with Gasteiger partial charge in [0.2, 0.25) is 5.91 Å². The first-order chi connectivity index (χ1) is 12.6. The van der Waals surface area contributed by atoms with Gasteiger partial charge in [-0.15, -0.1) is 0 Å². The third kappa shape index (κ3) is 4.86. The summed E-state index contributed by atoms with van der Waals surface area (Å²) in [4.78, 5) is 31.4. The smallest absolute Gasteiger partial charge is 0.255 e. The molecule has 0 aliphatic carbocycles. The summed E-state index contributed by atoms with van der Waals surface area (Å²) in [5.74, 6) is 0.706. The normalized spacial score (nSPS) is 10.7. The molecule has 0 spiro atoms. The lowest BCUT2D eigenvalue weighted by atomic mass is 10.1.